The van der Waals surface area contributed by atoms with Gasteiger partial charge in [0.25, 0.3) is 5.91 Å². The molecule has 2 aromatic rings. The molecule has 1 aromatic carbocycles. The largest absolute Gasteiger partial charge is 0.484 e. The fraction of sp³-hybridized carbons (Fsp3) is 0.429. The highest BCUT2D eigenvalue weighted by atomic mass is 127. The Balaban J connectivity index is 0.00000420. The van der Waals surface area contributed by atoms with Crippen molar-refractivity contribution in [3.8, 4) is 5.75 Å². The van der Waals surface area contributed by atoms with Gasteiger partial charge in [0, 0.05) is 49.9 Å². The third kappa shape index (κ3) is 9.03. The molecule has 1 unspecified atom stereocenters. The van der Waals surface area contributed by atoms with E-state index >= 15 is 0 Å². The second-order valence-electron chi connectivity index (χ2n) is 6.91. The predicted octanol–water partition coefficient (Wildman–Crippen LogP) is 3.44. The minimum absolute atomic E-state index is 0. The number of thiophene rings is 1. The maximum atomic E-state index is 11.7. The Morgan fingerprint density at radius 3 is 2.66 bits per heavy atom. The van der Waals surface area contributed by atoms with Gasteiger partial charge in [-0.2, -0.15) is 0 Å². The van der Waals surface area contributed by atoms with Gasteiger partial charge in [0.2, 0.25) is 0 Å². The maximum absolute atomic E-state index is 11.7. The van der Waals surface area contributed by atoms with Gasteiger partial charge in [0.1, 0.15) is 5.75 Å². The fourth-order valence-corrected chi connectivity index (χ4v) is 3.60. The second kappa shape index (κ2) is 12.7. The molecule has 0 aliphatic carbocycles. The summed E-state index contributed by atoms with van der Waals surface area (Å²) in [6.07, 6.45) is 0.961. The number of nitrogens with zero attached hydrogens (tertiary/aromatic N) is 2. The molecule has 2 N–H and O–H groups in total. The predicted molar refractivity (Wildman–Crippen MR) is 132 cm³/mol. The van der Waals surface area contributed by atoms with Crippen LogP contribution in [0.2, 0.25) is 0 Å². The first kappa shape index (κ1) is 25.2. The zero-order valence-corrected chi connectivity index (χ0v) is 20.8. The molecule has 29 heavy (non-hydrogen) atoms. The molecule has 0 spiro atoms. The number of aryl methyl sites for hydroxylation is 1. The quantitative estimate of drug-likeness (QED) is 0.312. The van der Waals surface area contributed by atoms with E-state index in [0.717, 1.165) is 17.9 Å². The zero-order chi connectivity index (χ0) is 20.5. The summed E-state index contributed by atoms with van der Waals surface area (Å²) in [5.41, 5.74) is 1.05. The SMILES string of the molecule is CN=C(NCc1cccc(OCC(=O)N(C)C)c1)NC(C)Cc1ccc(C)s1.I. The fourth-order valence-electron chi connectivity index (χ4n) is 2.58. The van der Waals surface area contributed by atoms with Crippen LogP contribution in [0.4, 0.5) is 0 Å². The van der Waals surface area contributed by atoms with Crippen molar-refractivity contribution in [1.29, 1.82) is 0 Å². The van der Waals surface area contributed by atoms with E-state index in [0.29, 0.717) is 12.3 Å². The molecule has 0 radical (unpaired) electrons. The van der Waals surface area contributed by atoms with Gasteiger partial charge in [-0.15, -0.1) is 35.3 Å². The van der Waals surface area contributed by atoms with E-state index in [1.807, 2.05) is 35.6 Å². The first-order valence-electron chi connectivity index (χ1n) is 9.31. The third-order valence-corrected chi connectivity index (χ3v) is 5.15. The summed E-state index contributed by atoms with van der Waals surface area (Å²) in [4.78, 5) is 20.2. The van der Waals surface area contributed by atoms with Crippen molar-refractivity contribution in [1.82, 2.24) is 15.5 Å². The van der Waals surface area contributed by atoms with Crippen molar-refractivity contribution < 1.29 is 9.53 Å². The third-order valence-electron chi connectivity index (χ3n) is 4.13. The molecule has 0 saturated heterocycles. The minimum Gasteiger partial charge on any atom is -0.484 e. The number of hydrogen-bond acceptors (Lipinski definition) is 4. The van der Waals surface area contributed by atoms with Gasteiger partial charge < -0.3 is 20.3 Å². The summed E-state index contributed by atoms with van der Waals surface area (Å²) in [5, 5.41) is 6.76. The van der Waals surface area contributed by atoms with Crippen LogP contribution in [0.3, 0.4) is 0 Å². The van der Waals surface area contributed by atoms with Crippen LogP contribution >= 0.6 is 35.3 Å². The lowest BCUT2D eigenvalue weighted by Crippen LogP contribution is -2.42. The van der Waals surface area contributed by atoms with Crippen molar-refractivity contribution >= 4 is 47.2 Å². The Labute approximate surface area is 194 Å². The van der Waals surface area contributed by atoms with Crippen molar-refractivity contribution in [2.45, 2.75) is 32.9 Å². The number of halogens is 1. The summed E-state index contributed by atoms with van der Waals surface area (Å²) in [6.45, 7) is 4.93. The lowest BCUT2D eigenvalue weighted by Gasteiger charge is -2.18. The zero-order valence-electron chi connectivity index (χ0n) is 17.7. The molecule has 1 atom stereocenters. The molecule has 2 rings (SSSR count). The molecule has 1 aromatic heterocycles. The number of benzene rings is 1. The van der Waals surface area contributed by atoms with Crippen LogP contribution < -0.4 is 15.4 Å². The van der Waals surface area contributed by atoms with Gasteiger partial charge in [0.15, 0.2) is 12.6 Å². The maximum Gasteiger partial charge on any atom is 0.259 e. The molecule has 0 saturated carbocycles. The number of amides is 1. The first-order chi connectivity index (χ1) is 13.4. The summed E-state index contributed by atoms with van der Waals surface area (Å²) >= 11 is 1.83. The number of hydrogen-bond donors (Lipinski definition) is 2. The number of aliphatic imine (C=N–C) groups is 1. The van der Waals surface area contributed by atoms with E-state index in [-0.39, 0.29) is 42.5 Å². The molecule has 1 amide bonds. The van der Waals surface area contributed by atoms with Crippen LogP contribution in [-0.2, 0) is 17.8 Å². The van der Waals surface area contributed by atoms with Gasteiger partial charge in [-0.05, 0) is 43.7 Å². The molecule has 0 aliphatic rings. The van der Waals surface area contributed by atoms with Crippen molar-refractivity contribution in [3.63, 3.8) is 0 Å². The van der Waals surface area contributed by atoms with Crippen LogP contribution in [0.15, 0.2) is 41.4 Å². The Kier molecular flexibility index (Phi) is 11.0. The Morgan fingerprint density at radius 1 is 1.28 bits per heavy atom. The minimum atomic E-state index is -0.0666. The lowest BCUT2D eigenvalue weighted by atomic mass is 10.2. The van der Waals surface area contributed by atoms with Crippen molar-refractivity contribution in [3.05, 3.63) is 51.7 Å². The average Bonchev–Trinajstić information content (AvgIpc) is 3.07. The first-order valence-corrected chi connectivity index (χ1v) is 10.1. The van der Waals surface area contributed by atoms with E-state index in [9.17, 15) is 4.79 Å². The van der Waals surface area contributed by atoms with Crippen LogP contribution in [-0.4, -0.2) is 50.6 Å². The number of carbonyl (C=O) groups is 1. The molecule has 1 heterocycles. The molecule has 0 bridgehead atoms. The van der Waals surface area contributed by atoms with Crippen molar-refractivity contribution in [2.75, 3.05) is 27.7 Å². The van der Waals surface area contributed by atoms with E-state index in [2.05, 4.69) is 41.6 Å². The molecular formula is C21H31IN4O2S. The number of likely N-dealkylation sites (N-methyl/N-ethyl adjacent to an activating group) is 1. The Bertz CT molecular complexity index is 807. The number of carbonyl (C=O) groups excluding carboxylic acids is 1. The molecule has 0 fully saturated rings. The summed E-state index contributed by atoms with van der Waals surface area (Å²) < 4.78 is 5.57. The van der Waals surface area contributed by atoms with E-state index in [4.69, 9.17) is 4.74 Å². The standard InChI is InChI=1S/C21H30N4O2S.HI/c1-15(11-19-10-9-16(2)28-19)24-21(22-3)23-13-17-7-6-8-18(12-17)27-14-20(26)25(4)5;/h6-10,12,15H,11,13-14H2,1-5H3,(H2,22,23,24);1H. The van der Waals surface area contributed by atoms with Crippen molar-refractivity contribution in [2.24, 2.45) is 4.99 Å². The van der Waals surface area contributed by atoms with Crippen LogP contribution in [0, 0.1) is 6.92 Å². The highest BCUT2D eigenvalue weighted by Gasteiger charge is 2.09. The number of rotatable bonds is 8. The highest BCUT2D eigenvalue weighted by molar-refractivity contribution is 14.0. The number of ether oxygens (including phenoxy) is 1. The van der Waals surface area contributed by atoms with Crippen LogP contribution in [0.1, 0.15) is 22.2 Å². The van der Waals surface area contributed by atoms with Gasteiger partial charge in [0.05, 0.1) is 0 Å². The summed E-state index contributed by atoms with van der Waals surface area (Å²) in [7, 11) is 5.19. The average molecular weight is 530 g/mol. The van der Waals surface area contributed by atoms with E-state index in [1.54, 1.807) is 21.1 Å². The summed E-state index contributed by atoms with van der Waals surface area (Å²) in [5.74, 6) is 1.37. The van der Waals surface area contributed by atoms with Crippen LogP contribution in [0.25, 0.3) is 0 Å². The van der Waals surface area contributed by atoms with Gasteiger partial charge >= 0.3 is 0 Å². The normalized spacial score (nSPS) is 12.0. The highest BCUT2D eigenvalue weighted by Crippen LogP contribution is 2.17. The van der Waals surface area contributed by atoms with E-state index in [1.165, 1.54) is 14.7 Å². The Hall–Kier alpha value is -1.81. The second-order valence-corrected chi connectivity index (χ2v) is 8.28. The molecule has 0 aliphatic heterocycles. The summed E-state index contributed by atoms with van der Waals surface area (Å²) in [6, 6.07) is 12.3. The van der Waals surface area contributed by atoms with Gasteiger partial charge in [-0.25, -0.2) is 0 Å². The van der Waals surface area contributed by atoms with Gasteiger partial charge in [-0.3, -0.25) is 9.79 Å². The lowest BCUT2D eigenvalue weighted by molar-refractivity contribution is -0.130. The van der Waals surface area contributed by atoms with Gasteiger partial charge in [-0.1, -0.05) is 12.1 Å². The molecule has 160 valence electrons. The smallest absolute Gasteiger partial charge is 0.259 e. The molecule has 8 heteroatoms. The number of guanidine groups is 1. The molecular weight excluding hydrogens is 499 g/mol. The van der Waals surface area contributed by atoms with Crippen LogP contribution in [0.5, 0.6) is 5.75 Å². The van der Waals surface area contributed by atoms with E-state index < -0.39 is 0 Å². The monoisotopic (exact) mass is 530 g/mol. The topological polar surface area (TPSA) is 66.0 Å². The Morgan fingerprint density at radius 2 is 2.03 bits per heavy atom. The molecule has 6 nitrogen and oxygen atoms in total. The number of nitrogens with one attached hydrogen (secondary N) is 2.